The Bertz CT molecular complexity index is 433. The minimum absolute atomic E-state index is 0.0168. The van der Waals surface area contributed by atoms with Crippen LogP contribution in [0.1, 0.15) is 33.1 Å². The molecule has 3 unspecified atom stereocenters. The Morgan fingerprint density at radius 2 is 1.86 bits per heavy atom. The van der Waals surface area contributed by atoms with E-state index < -0.39 is 10.2 Å². The smallest absolute Gasteiger partial charge is 0.279 e. The summed E-state index contributed by atoms with van der Waals surface area (Å²) in [6.07, 6.45) is 3.06. The molecule has 0 saturated carbocycles. The number of methoxy groups -OCH3 is 1. The van der Waals surface area contributed by atoms with Gasteiger partial charge in [0.25, 0.3) is 10.2 Å². The molecule has 2 rings (SSSR count). The molecule has 0 radical (unpaired) electrons. The zero-order valence-corrected chi connectivity index (χ0v) is 14.9. The van der Waals surface area contributed by atoms with E-state index in [1.54, 1.807) is 11.4 Å². The number of ether oxygens (including phenoxy) is 1. The van der Waals surface area contributed by atoms with Crippen molar-refractivity contribution >= 4 is 10.2 Å². The lowest BCUT2D eigenvalue weighted by Crippen LogP contribution is -2.54. The van der Waals surface area contributed by atoms with Gasteiger partial charge >= 0.3 is 0 Å². The quantitative estimate of drug-likeness (QED) is 0.785. The second-order valence-corrected chi connectivity index (χ2v) is 8.72. The SMILES string of the molecule is COCCN1CCCC(NS(=O)(=O)N2CC(C)CC(C)C2)C1. The Kier molecular flexibility index (Phi) is 6.64. The molecule has 0 aliphatic carbocycles. The topological polar surface area (TPSA) is 61.9 Å². The Morgan fingerprint density at radius 3 is 2.50 bits per heavy atom. The van der Waals surface area contributed by atoms with Crippen molar-refractivity contribution in [3.05, 3.63) is 0 Å². The van der Waals surface area contributed by atoms with Crippen LogP contribution >= 0.6 is 0 Å². The molecular formula is C15H31N3O3S. The summed E-state index contributed by atoms with van der Waals surface area (Å²) in [5, 5.41) is 0. The fraction of sp³-hybridized carbons (Fsp3) is 1.00. The number of hydrogen-bond acceptors (Lipinski definition) is 4. The van der Waals surface area contributed by atoms with Crippen LogP contribution in [0.25, 0.3) is 0 Å². The standard InChI is InChI=1S/C15H31N3O3S/c1-13-9-14(2)11-18(10-13)22(19,20)16-15-5-4-6-17(12-15)7-8-21-3/h13-16H,4-12H2,1-3H3. The summed E-state index contributed by atoms with van der Waals surface area (Å²) in [5.41, 5.74) is 0. The van der Waals surface area contributed by atoms with Crippen molar-refractivity contribution in [1.29, 1.82) is 0 Å². The lowest BCUT2D eigenvalue weighted by atomic mass is 9.94. The summed E-state index contributed by atoms with van der Waals surface area (Å²) >= 11 is 0. The van der Waals surface area contributed by atoms with Crippen molar-refractivity contribution < 1.29 is 13.2 Å². The molecule has 0 aromatic carbocycles. The summed E-state index contributed by atoms with van der Waals surface area (Å²) in [6, 6.07) is 0.0168. The van der Waals surface area contributed by atoms with Gasteiger partial charge in [0.1, 0.15) is 0 Å². The van der Waals surface area contributed by atoms with E-state index in [1.807, 2.05) is 0 Å². The Morgan fingerprint density at radius 1 is 1.18 bits per heavy atom. The van der Waals surface area contributed by atoms with Crippen LogP contribution < -0.4 is 4.72 Å². The van der Waals surface area contributed by atoms with Crippen LogP contribution in [0.15, 0.2) is 0 Å². The third-order valence-corrected chi connectivity index (χ3v) is 6.22. The first-order valence-corrected chi connectivity index (χ1v) is 9.83. The Hall–Kier alpha value is -0.210. The maximum Gasteiger partial charge on any atom is 0.279 e. The summed E-state index contributed by atoms with van der Waals surface area (Å²) in [6.45, 7) is 8.91. The van der Waals surface area contributed by atoms with E-state index in [4.69, 9.17) is 4.74 Å². The average molecular weight is 333 g/mol. The van der Waals surface area contributed by atoms with E-state index in [2.05, 4.69) is 23.5 Å². The molecule has 0 spiro atoms. The highest BCUT2D eigenvalue weighted by Crippen LogP contribution is 2.23. The molecule has 7 heteroatoms. The predicted molar refractivity (Wildman–Crippen MR) is 87.9 cm³/mol. The van der Waals surface area contributed by atoms with E-state index in [0.29, 0.717) is 31.5 Å². The lowest BCUT2D eigenvalue weighted by molar-refractivity contribution is 0.126. The number of rotatable bonds is 6. The highest BCUT2D eigenvalue weighted by atomic mass is 32.2. The molecule has 0 bridgehead atoms. The van der Waals surface area contributed by atoms with Gasteiger partial charge < -0.3 is 4.74 Å². The monoisotopic (exact) mass is 333 g/mol. The first kappa shape index (κ1) is 18.1. The number of nitrogens with one attached hydrogen (secondary N) is 1. The summed E-state index contributed by atoms with van der Waals surface area (Å²) in [7, 11) is -1.67. The molecule has 6 nitrogen and oxygen atoms in total. The third kappa shape index (κ3) is 5.16. The molecule has 0 aromatic rings. The van der Waals surface area contributed by atoms with Gasteiger partial charge in [-0.2, -0.15) is 17.4 Å². The second kappa shape index (κ2) is 8.06. The van der Waals surface area contributed by atoms with E-state index in [-0.39, 0.29) is 6.04 Å². The molecule has 1 N–H and O–H groups in total. The molecule has 2 saturated heterocycles. The number of hydrogen-bond donors (Lipinski definition) is 1. The molecular weight excluding hydrogens is 302 g/mol. The molecule has 3 atom stereocenters. The van der Waals surface area contributed by atoms with Crippen LogP contribution in [0.2, 0.25) is 0 Å². The van der Waals surface area contributed by atoms with Crippen molar-refractivity contribution in [1.82, 2.24) is 13.9 Å². The molecule has 2 fully saturated rings. The van der Waals surface area contributed by atoms with Crippen molar-refractivity contribution in [3.63, 3.8) is 0 Å². The maximum atomic E-state index is 12.6. The van der Waals surface area contributed by atoms with Crippen molar-refractivity contribution in [3.8, 4) is 0 Å². The van der Waals surface area contributed by atoms with Gasteiger partial charge in [-0.3, -0.25) is 4.90 Å². The van der Waals surface area contributed by atoms with Gasteiger partial charge in [0, 0.05) is 39.3 Å². The second-order valence-electron chi connectivity index (χ2n) is 7.02. The number of piperidine rings is 2. The van der Waals surface area contributed by atoms with Crippen LogP contribution in [0, 0.1) is 11.8 Å². The van der Waals surface area contributed by atoms with Gasteiger partial charge in [-0.05, 0) is 37.6 Å². The van der Waals surface area contributed by atoms with Gasteiger partial charge in [-0.1, -0.05) is 13.8 Å². The van der Waals surface area contributed by atoms with Gasteiger partial charge in [0.2, 0.25) is 0 Å². The molecule has 2 aliphatic rings. The summed E-state index contributed by atoms with van der Waals surface area (Å²) in [5.74, 6) is 0.870. The molecule has 0 amide bonds. The summed E-state index contributed by atoms with van der Waals surface area (Å²) < 4.78 is 35.0. The zero-order valence-electron chi connectivity index (χ0n) is 14.1. The lowest BCUT2D eigenvalue weighted by Gasteiger charge is -2.37. The van der Waals surface area contributed by atoms with Crippen LogP contribution in [-0.2, 0) is 14.9 Å². The van der Waals surface area contributed by atoms with Gasteiger partial charge in [0.15, 0.2) is 0 Å². The van der Waals surface area contributed by atoms with Crippen LogP contribution in [-0.4, -0.2) is 70.1 Å². The fourth-order valence-electron chi connectivity index (χ4n) is 3.66. The van der Waals surface area contributed by atoms with E-state index >= 15 is 0 Å². The highest BCUT2D eigenvalue weighted by molar-refractivity contribution is 7.87. The summed E-state index contributed by atoms with van der Waals surface area (Å²) in [4.78, 5) is 2.28. The zero-order chi connectivity index (χ0) is 16.2. The normalized spacial score (nSPS) is 32.2. The average Bonchev–Trinajstić information content (AvgIpc) is 2.44. The minimum Gasteiger partial charge on any atom is -0.383 e. The van der Waals surface area contributed by atoms with Gasteiger partial charge in [-0.25, -0.2) is 0 Å². The van der Waals surface area contributed by atoms with Gasteiger partial charge in [0.05, 0.1) is 6.61 Å². The predicted octanol–water partition coefficient (Wildman–Crippen LogP) is 0.910. The van der Waals surface area contributed by atoms with E-state index in [9.17, 15) is 8.42 Å². The number of nitrogens with zero attached hydrogens (tertiary/aromatic N) is 2. The van der Waals surface area contributed by atoms with E-state index in [1.165, 1.54) is 0 Å². The fourth-order valence-corrected chi connectivity index (χ4v) is 5.33. The molecule has 22 heavy (non-hydrogen) atoms. The van der Waals surface area contributed by atoms with Crippen LogP contribution in [0.4, 0.5) is 0 Å². The minimum atomic E-state index is -3.37. The van der Waals surface area contributed by atoms with Gasteiger partial charge in [-0.15, -0.1) is 0 Å². The van der Waals surface area contributed by atoms with Crippen LogP contribution in [0.3, 0.4) is 0 Å². The molecule has 2 aliphatic heterocycles. The Labute approximate surface area is 135 Å². The van der Waals surface area contributed by atoms with Crippen molar-refractivity contribution in [2.75, 3.05) is 46.4 Å². The highest BCUT2D eigenvalue weighted by Gasteiger charge is 2.33. The van der Waals surface area contributed by atoms with Crippen LogP contribution in [0.5, 0.6) is 0 Å². The molecule has 2 heterocycles. The maximum absolute atomic E-state index is 12.6. The Balaban J connectivity index is 1.90. The molecule has 130 valence electrons. The van der Waals surface area contributed by atoms with Crippen molar-refractivity contribution in [2.45, 2.75) is 39.2 Å². The van der Waals surface area contributed by atoms with Crippen molar-refractivity contribution in [2.24, 2.45) is 11.8 Å². The molecule has 0 aromatic heterocycles. The first-order valence-electron chi connectivity index (χ1n) is 8.39. The first-order chi connectivity index (χ1) is 10.4. The largest absolute Gasteiger partial charge is 0.383 e. The number of likely N-dealkylation sites (tertiary alicyclic amines) is 1. The third-order valence-electron chi connectivity index (χ3n) is 4.61. The van der Waals surface area contributed by atoms with E-state index in [0.717, 1.165) is 38.9 Å².